The van der Waals surface area contributed by atoms with Gasteiger partial charge in [0.05, 0.1) is 0 Å². The fourth-order valence-electron chi connectivity index (χ4n) is 6.53. The van der Waals surface area contributed by atoms with E-state index in [4.69, 9.17) is 15.1 Å². The van der Waals surface area contributed by atoms with Crippen molar-refractivity contribution >= 4 is 45.3 Å². The Balaban J connectivity index is 1.93. The number of fused-ring (bicyclic) bond motifs is 3. The Kier molecular flexibility index (Phi) is 5.88. The van der Waals surface area contributed by atoms with E-state index in [1.165, 1.54) is 0 Å². The van der Waals surface area contributed by atoms with Crippen LogP contribution in [-0.4, -0.2) is 13.3 Å². The van der Waals surface area contributed by atoms with Crippen LogP contribution in [0.1, 0.15) is 56.8 Å². The molecule has 5 aromatic rings. The quantitative estimate of drug-likeness (QED) is 0.116. The third-order valence-electron chi connectivity index (χ3n) is 9.25. The molecule has 40 heavy (non-hydrogen) atoms. The van der Waals surface area contributed by atoms with Gasteiger partial charge in [-0.05, 0) is 0 Å². The van der Waals surface area contributed by atoms with Crippen molar-refractivity contribution in [2.75, 3.05) is 0 Å². The van der Waals surface area contributed by atoms with Gasteiger partial charge in [-0.2, -0.15) is 0 Å². The topological polar surface area (TPSA) is 21.4 Å². The normalized spacial score (nSPS) is 14.2. The Labute approximate surface area is 246 Å². The van der Waals surface area contributed by atoms with Crippen molar-refractivity contribution in [3.8, 4) is 22.4 Å². The first kappa shape index (κ1) is 24.4. The summed E-state index contributed by atoms with van der Waals surface area (Å²) in [5.74, 6) is 2.39. The van der Waals surface area contributed by atoms with E-state index in [0.29, 0.717) is 16.8 Å². The Morgan fingerprint density at radius 1 is 0.850 bits per heavy atom. The van der Waals surface area contributed by atoms with Gasteiger partial charge in [-0.3, -0.25) is 0 Å². The molecular weight excluding hydrogens is 549 g/mol. The van der Waals surface area contributed by atoms with Crippen molar-refractivity contribution in [2.45, 2.75) is 69.6 Å². The zero-order valence-electron chi connectivity index (χ0n) is 28.2. The summed E-state index contributed by atoms with van der Waals surface area (Å²) in [6.07, 6.45) is 1.84. The predicted octanol–water partition coefficient (Wildman–Crippen LogP) is 9.80. The molecule has 0 aliphatic carbocycles. The molecule has 5 rings (SSSR count). The standard InChI is InChI=1S/C36H41GeN2O/c1-23-17-18-26-27-19-20-29(38-10)32(25-15-13-12-14-16-25)34(27)40-33(26)31(23)30-21-28(24(2)22-39(30)11)37(9,35(3,4)5)36(6,7)8/h12-22H,1-9,11H3/q+1/i2D3. The third-order valence-corrected chi connectivity index (χ3v) is 25.0. The third kappa shape index (κ3) is 4.20. The molecular formula is C36H41GeN2O+. The summed E-state index contributed by atoms with van der Waals surface area (Å²) in [6.45, 7) is 21.4. The van der Waals surface area contributed by atoms with Crippen LogP contribution >= 0.6 is 0 Å². The second-order valence-electron chi connectivity index (χ2n) is 13.3. The Morgan fingerprint density at radius 3 is 2.02 bits per heavy atom. The van der Waals surface area contributed by atoms with Gasteiger partial charge in [0.2, 0.25) is 0 Å². The van der Waals surface area contributed by atoms with Crippen LogP contribution in [-0.2, 0) is 7.05 Å². The van der Waals surface area contributed by atoms with Crippen LogP contribution in [0.5, 0.6) is 0 Å². The van der Waals surface area contributed by atoms with Crippen LogP contribution in [0.2, 0.25) is 14.3 Å². The van der Waals surface area contributed by atoms with Gasteiger partial charge in [-0.25, -0.2) is 0 Å². The number of furan rings is 1. The van der Waals surface area contributed by atoms with E-state index >= 15 is 0 Å². The van der Waals surface area contributed by atoms with Gasteiger partial charge in [0.1, 0.15) is 0 Å². The summed E-state index contributed by atoms with van der Waals surface area (Å²) in [5, 5.41) is 1.93. The summed E-state index contributed by atoms with van der Waals surface area (Å²) in [4.78, 5) is 3.84. The van der Waals surface area contributed by atoms with E-state index in [1.807, 2.05) is 60.3 Å². The summed E-state index contributed by atoms with van der Waals surface area (Å²) in [6, 6.07) is 20.2. The molecule has 0 amide bonds. The van der Waals surface area contributed by atoms with Crippen LogP contribution in [0.25, 0.3) is 49.2 Å². The Hall–Kier alpha value is -3.36. The van der Waals surface area contributed by atoms with Gasteiger partial charge >= 0.3 is 247 Å². The molecule has 2 aromatic heterocycles. The van der Waals surface area contributed by atoms with Gasteiger partial charge in [-0.1, -0.05) is 0 Å². The molecule has 3 nitrogen and oxygen atoms in total. The fourth-order valence-corrected chi connectivity index (χ4v) is 16.8. The molecule has 204 valence electrons. The van der Waals surface area contributed by atoms with Crippen LogP contribution in [0.4, 0.5) is 5.69 Å². The van der Waals surface area contributed by atoms with E-state index < -0.39 is 20.1 Å². The molecule has 0 N–H and O–H groups in total. The van der Waals surface area contributed by atoms with Gasteiger partial charge in [0.25, 0.3) is 0 Å². The van der Waals surface area contributed by atoms with Crippen molar-refractivity contribution in [3.63, 3.8) is 0 Å². The molecule has 0 atom stereocenters. The maximum atomic E-state index is 8.57. The van der Waals surface area contributed by atoms with E-state index in [0.717, 1.165) is 48.7 Å². The van der Waals surface area contributed by atoms with Crippen molar-refractivity contribution in [3.05, 3.63) is 89.4 Å². The summed E-state index contributed by atoms with van der Waals surface area (Å²) < 4.78 is 35.4. The number of nitrogens with zero attached hydrogens (tertiary/aromatic N) is 2. The first-order chi connectivity index (χ1) is 19.9. The minimum absolute atomic E-state index is 0.0589. The Morgan fingerprint density at radius 2 is 1.45 bits per heavy atom. The van der Waals surface area contributed by atoms with E-state index in [-0.39, 0.29) is 8.49 Å². The average molecular weight is 593 g/mol. The maximum absolute atomic E-state index is 8.57. The molecule has 0 bridgehead atoms. The average Bonchev–Trinajstić information content (AvgIpc) is 3.29. The molecule has 0 aliphatic heterocycles. The van der Waals surface area contributed by atoms with Gasteiger partial charge in [0, 0.05) is 0 Å². The number of hydrogen-bond acceptors (Lipinski definition) is 1. The van der Waals surface area contributed by atoms with Crippen molar-refractivity contribution in [1.82, 2.24) is 0 Å². The van der Waals surface area contributed by atoms with Crippen molar-refractivity contribution < 1.29 is 13.1 Å². The number of aromatic nitrogens is 1. The van der Waals surface area contributed by atoms with Crippen LogP contribution in [0, 0.1) is 20.3 Å². The van der Waals surface area contributed by atoms with E-state index in [9.17, 15) is 0 Å². The zero-order valence-corrected chi connectivity index (χ0v) is 27.3. The zero-order chi connectivity index (χ0) is 31.7. The van der Waals surface area contributed by atoms with Gasteiger partial charge in [0.15, 0.2) is 0 Å². The van der Waals surface area contributed by atoms with Gasteiger partial charge in [-0.15, -0.1) is 0 Å². The SMILES string of the molecule is [2H]C([2H])([2H])c1c[n+](C)c(-c2c(C)ccc3c2oc2c(-c4ccccc4)c([N+]#[C-])ccc23)c[c]1[Ge]([CH3])([C](C)(C)C)[C](C)(C)C. The number of rotatable bonds is 3. The van der Waals surface area contributed by atoms with Crippen molar-refractivity contribution in [1.29, 1.82) is 0 Å². The summed E-state index contributed by atoms with van der Waals surface area (Å²) in [5.41, 5.74) is 7.09. The first-order valence-corrected chi connectivity index (χ1v) is 19.1. The Bertz CT molecular complexity index is 1900. The van der Waals surface area contributed by atoms with Gasteiger partial charge < -0.3 is 0 Å². The molecule has 0 saturated carbocycles. The number of hydrogen-bond donors (Lipinski definition) is 0. The van der Waals surface area contributed by atoms with Crippen LogP contribution in [0.15, 0.2) is 71.3 Å². The molecule has 0 saturated heterocycles. The molecule has 0 aliphatic rings. The number of benzene rings is 3. The fraction of sp³-hybridized carbons (Fsp3) is 0.333. The first-order valence-electron chi connectivity index (χ1n) is 15.4. The predicted molar refractivity (Wildman–Crippen MR) is 172 cm³/mol. The molecule has 0 radical (unpaired) electrons. The van der Waals surface area contributed by atoms with E-state index in [1.54, 1.807) is 0 Å². The van der Waals surface area contributed by atoms with Crippen molar-refractivity contribution in [2.24, 2.45) is 7.05 Å². The summed E-state index contributed by atoms with van der Waals surface area (Å²) in [7, 11) is 1.93. The van der Waals surface area contributed by atoms with E-state index in [2.05, 4.69) is 77.3 Å². The second-order valence-corrected chi connectivity index (χ2v) is 25.4. The summed E-state index contributed by atoms with van der Waals surface area (Å²) >= 11 is -3.19. The number of pyridine rings is 1. The minimum atomic E-state index is -3.19. The van der Waals surface area contributed by atoms with Crippen LogP contribution < -0.4 is 8.96 Å². The number of aryl methyl sites for hydroxylation is 3. The molecule has 2 heterocycles. The van der Waals surface area contributed by atoms with Crippen LogP contribution in [0.3, 0.4) is 0 Å². The molecule has 4 heteroatoms. The second kappa shape index (κ2) is 9.63. The monoisotopic (exact) mass is 594 g/mol. The molecule has 0 spiro atoms. The molecule has 3 aromatic carbocycles. The molecule has 0 fully saturated rings. The molecule has 0 unspecified atom stereocenters.